The van der Waals surface area contributed by atoms with Crippen LogP contribution < -0.4 is 0 Å². The number of hydrogen-bond donors (Lipinski definition) is 2. The Morgan fingerprint density at radius 2 is 1.03 bits per heavy atom. The summed E-state index contributed by atoms with van der Waals surface area (Å²) < 4.78 is 67.7. The summed E-state index contributed by atoms with van der Waals surface area (Å²) in [5.74, 6) is 0. The molecule has 3 aromatic rings. The molecule has 3 aromatic carbocycles. The van der Waals surface area contributed by atoms with Gasteiger partial charge in [-0.05, 0) is 27.8 Å². The van der Waals surface area contributed by atoms with Crippen LogP contribution in [0.1, 0.15) is 28.7 Å². The molecule has 2 N–H and O–H groups in total. The van der Waals surface area contributed by atoms with E-state index in [1.165, 1.54) is 6.08 Å². The van der Waals surface area contributed by atoms with Gasteiger partial charge in [0.05, 0.1) is 0 Å². The van der Waals surface area contributed by atoms with Gasteiger partial charge in [-0.15, -0.1) is 0 Å². The highest BCUT2D eigenvalue weighted by atomic mass is 32.3. The van der Waals surface area contributed by atoms with Crippen molar-refractivity contribution >= 4 is 44.0 Å². The molecule has 0 atom stereocenters. The van der Waals surface area contributed by atoms with Crippen LogP contribution in [0.25, 0.3) is 23.8 Å². The van der Waals surface area contributed by atoms with Crippen LogP contribution in [0.2, 0.25) is 0 Å². The van der Waals surface area contributed by atoms with Gasteiger partial charge in [-0.2, -0.15) is 16.8 Å². The van der Waals surface area contributed by atoms with Crippen LogP contribution in [0.5, 0.6) is 0 Å². The zero-order valence-electron chi connectivity index (χ0n) is 19.1. The number of allylic oxidation sites excluding steroid dienone is 4. The summed E-state index contributed by atoms with van der Waals surface area (Å²) >= 11 is 0. The number of benzene rings is 3. The van der Waals surface area contributed by atoms with Crippen LogP contribution in [-0.2, 0) is 20.2 Å². The SMILES string of the molecule is O=S(=O)(O)C1(S(=O)(=O)O)CC(C=Cc2ccccc2)=CC=C1c1ccc(C=Cc2ccccc2)cc1. The van der Waals surface area contributed by atoms with Crippen molar-refractivity contribution in [2.75, 3.05) is 0 Å². The van der Waals surface area contributed by atoms with Crippen LogP contribution in [0, 0.1) is 0 Å². The molecule has 0 amide bonds. The van der Waals surface area contributed by atoms with Gasteiger partial charge in [0, 0.05) is 12.0 Å². The number of hydrogen-bond acceptors (Lipinski definition) is 4. The standard InChI is InChI=1S/C28H24O6S2/c29-35(30,31)28(36(32,33)34)21-25(14-13-23-9-5-2-6-10-23)17-20-27(28)26-18-15-24(16-19-26)12-11-22-7-3-1-4-8-22/h1-20H,21H2,(H,29,30,31)(H,32,33,34). The van der Waals surface area contributed by atoms with Crippen LogP contribution in [0.4, 0.5) is 0 Å². The Labute approximate surface area is 211 Å². The average molecular weight is 521 g/mol. The summed E-state index contributed by atoms with van der Waals surface area (Å²) in [7, 11) is -10.6. The molecule has 6 nitrogen and oxygen atoms in total. The summed E-state index contributed by atoms with van der Waals surface area (Å²) in [6.45, 7) is 0. The van der Waals surface area contributed by atoms with E-state index in [4.69, 9.17) is 0 Å². The zero-order valence-corrected chi connectivity index (χ0v) is 20.7. The smallest absolute Gasteiger partial charge is 0.284 e. The Morgan fingerprint density at radius 3 is 1.50 bits per heavy atom. The van der Waals surface area contributed by atoms with Crippen molar-refractivity contribution in [2.45, 2.75) is 10.5 Å². The van der Waals surface area contributed by atoms with Crippen molar-refractivity contribution in [3.8, 4) is 0 Å². The van der Waals surface area contributed by atoms with E-state index in [0.29, 0.717) is 5.57 Å². The third-order valence-corrected chi connectivity index (χ3v) is 9.58. The summed E-state index contributed by atoms with van der Waals surface area (Å²) in [5, 5.41) is 0. The molecule has 8 heteroatoms. The predicted molar refractivity (Wildman–Crippen MR) is 144 cm³/mol. The van der Waals surface area contributed by atoms with Gasteiger partial charge in [0.2, 0.25) is 0 Å². The minimum Gasteiger partial charge on any atom is -0.284 e. The quantitative estimate of drug-likeness (QED) is 0.303. The zero-order chi connectivity index (χ0) is 25.8. The highest BCUT2D eigenvalue weighted by Gasteiger charge is 2.58. The average Bonchev–Trinajstić information content (AvgIpc) is 2.86. The maximum atomic E-state index is 12.6. The van der Waals surface area contributed by atoms with Crippen molar-refractivity contribution in [3.05, 3.63) is 131 Å². The van der Waals surface area contributed by atoms with Crippen molar-refractivity contribution in [3.63, 3.8) is 0 Å². The monoisotopic (exact) mass is 520 g/mol. The minimum atomic E-state index is -5.31. The first-order valence-corrected chi connectivity index (χ1v) is 13.9. The van der Waals surface area contributed by atoms with E-state index >= 15 is 0 Å². The predicted octanol–water partition coefficient (Wildman–Crippen LogP) is 5.76. The van der Waals surface area contributed by atoms with Crippen LogP contribution in [-0.4, -0.2) is 30.0 Å². The lowest BCUT2D eigenvalue weighted by molar-refractivity contribution is 0.439. The molecule has 1 aliphatic rings. The molecule has 184 valence electrons. The van der Waals surface area contributed by atoms with Crippen LogP contribution in [0.15, 0.2) is 109 Å². The van der Waals surface area contributed by atoms with Crippen molar-refractivity contribution in [1.82, 2.24) is 0 Å². The second-order valence-electron chi connectivity index (χ2n) is 8.31. The fourth-order valence-electron chi connectivity index (χ4n) is 4.06. The molecule has 1 aliphatic carbocycles. The van der Waals surface area contributed by atoms with Gasteiger partial charge in [0.1, 0.15) is 0 Å². The fourth-order valence-corrected chi connectivity index (χ4v) is 6.75. The first kappa shape index (κ1) is 25.5. The summed E-state index contributed by atoms with van der Waals surface area (Å²) in [5.41, 5.74) is 2.92. The Hall–Kier alpha value is -3.56. The molecule has 0 saturated carbocycles. The van der Waals surface area contributed by atoms with Crippen molar-refractivity contribution in [1.29, 1.82) is 0 Å². The normalized spacial score (nSPS) is 16.2. The lowest BCUT2D eigenvalue weighted by Crippen LogP contribution is -2.48. The summed E-state index contributed by atoms with van der Waals surface area (Å²) in [6.07, 6.45) is 9.25. The van der Waals surface area contributed by atoms with E-state index in [1.54, 1.807) is 42.5 Å². The third kappa shape index (κ3) is 5.32. The molecule has 0 heterocycles. The maximum absolute atomic E-state index is 12.6. The molecule has 0 radical (unpaired) electrons. The minimum absolute atomic E-state index is 0.233. The van der Waals surface area contributed by atoms with Gasteiger partial charge in [-0.25, -0.2) is 0 Å². The topological polar surface area (TPSA) is 109 Å². The molecule has 4 rings (SSSR count). The van der Waals surface area contributed by atoms with Gasteiger partial charge in [0.15, 0.2) is 0 Å². The van der Waals surface area contributed by atoms with Gasteiger partial charge >= 0.3 is 0 Å². The molecular weight excluding hydrogens is 496 g/mol. The molecular formula is C28H24O6S2. The molecule has 0 spiro atoms. The fraction of sp³-hybridized carbons (Fsp3) is 0.0714. The molecule has 0 bridgehead atoms. The lowest BCUT2D eigenvalue weighted by Gasteiger charge is -2.33. The Morgan fingerprint density at radius 1 is 0.583 bits per heavy atom. The largest absolute Gasteiger partial charge is 0.292 e. The van der Waals surface area contributed by atoms with Crippen LogP contribution in [0.3, 0.4) is 0 Å². The third-order valence-electron chi connectivity index (χ3n) is 5.92. The molecule has 0 aromatic heterocycles. The Balaban J connectivity index is 1.75. The Bertz CT molecular complexity index is 1530. The van der Waals surface area contributed by atoms with E-state index in [-0.39, 0.29) is 11.1 Å². The van der Waals surface area contributed by atoms with E-state index in [1.807, 2.05) is 72.8 Å². The first-order valence-electron chi connectivity index (χ1n) is 11.0. The van der Waals surface area contributed by atoms with E-state index in [2.05, 4.69) is 0 Å². The van der Waals surface area contributed by atoms with E-state index in [0.717, 1.165) is 16.7 Å². The second-order valence-corrected chi connectivity index (χ2v) is 11.9. The highest BCUT2D eigenvalue weighted by Crippen LogP contribution is 2.45. The van der Waals surface area contributed by atoms with E-state index in [9.17, 15) is 25.9 Å². The molecule has 0 fully saturated rings. The van der Waals surface area contributed by atoms with Crippen molar-refractivity contribution in [2.24, 2.45) is 0 Å². The molecule has 0 saturated heterocycles. The summed E-state index contributed by atoms with van der Waals surface area (Å²) in [4.78, 5) is 0. The van der Waals surface area contributed by atoms with Gasteiger partial charge in [0.25, 0.3) is 24.3 Å². The van der Waals surface area contributed by atoms with Crippen molar-refractivity contribution < 1.29 is 25.9 Å². The lowest BCUT2D eigenvalue weighted by atomic mass is 9.91. The molecule has 36 heavy (non-hydrogen) atoms. The Kier molecular flexibility index (Phi) is 7.23. The summed E-state index contributed by atoms with van der Waals surface area (Å²) in [6, 6.07) is 25.3. The first-order chi connectivity index (χ1) is 17.1. The second kappa shape index (κ2) is 10.2. The van der Waals surface area contributed by atoms with Gasteiger partial charge in [-0.1, -0.05) is 121 Å². The number of rotatable bonds is 7. The van der Waals surface area contributed by atoms with Crippen LogP contribution >= 0.6 is 0 Å². The maximum Gasteiger partial charge on any atom is 0.292 e. The van der Waals surface area contributed by atoms with Gasteiger partial charge < -0.3 is 0 Å². The molecule has 0 aliphatic heterocycles. The molecule has 0 unspecified atom stereocenters. The van der Waals surface area contributed by atoms with Gasteiger partial charge in [-0.3, -0.25) is 9.11 Å². The highest BCUT2D eigenvalue weighted by molar-refractivity contribution is 8.06. The van der Waals surface area contributed by atoms with E-state index < -0.39 is 30.7 Å².